The van der Waals surface area contributed by atoms with E-state index in [1.54, 1.807) is 12.1 Å². The maximum Gasteiger partial charge on any atom is 0.270 e. The predicted octanol–water partition coefficient (Wildman–Crippen LogP) is 5.23. The molecule has 0 unspecified atom stereocenters. The van der Waals surface area contributed by atoms with Crippen LogP contribution in [0.2, 0.25) is 0 Å². The summed E-state index contributed by atoms with van der Waals surface area (Å²) in [6.07, 6.45) is 4.16. The van der Waals surface area contributed by atoms with E-state index in [0.29, 0.717) is 11.2 Å². The summed E-state index contributed by atoms with van der Waals surface area (Å²) >= 11 is 0. The lowest BCUT2D eigenvalue weighted by molar-refractivity contribution is -0.124. The fourth-order valence-corrected chi connectivity index (χ4v) is 4.72. The van der Waals surface area contributed by atoms with Gasteiger partial charge in [0.05, 0.1) is 42.4 Å². The van der Waals surface area contributed by atoms with E-state index in [1.807, 2.05) is 26.1 Å². The van der Waals surface area contributed by atoms with Gasteiger partial charge in [0.25, 0.3) is 5.92 Å². The van der Waals surface area contributed by atoms with Gasteiger partial charge in [0.15, 0.2) is 5.82 Å². The highest BCUT2D eigenvalue weighted by atomic mass is 19.3. The summed E-state index contributed by atoms with van der Waals surface area (Å²) in [6, 6.07) is 8.38. The number of alkyl halides is 2. The maximum atomic E-state index is 13.8. The monoisotopic (exact) mass is 453 g/mol. The first-order valence-electron chi connectivity index (χ1n) is 11.4. The van der Waals surface area contributed by atoms with Crippen molar-refractivity contribution in [1.29, 1.82) is 0 Å². The molecule has 0 amide bonds. The third-order valence-electron chi connectivity index (χ3n) is 7.02. The topological polar surface area (TPSA) is 63.2 Å². The van der Waals surface area contributed by atoms with Crippen LogP contribution in [0.15, 0.2) is 36.5 Å². The number of rotatable bonds is 5. The summed E-state index contributed by atoms with van der Waals surface area (Å²) in [5.41, 5.74) is 3.74. The Morgan fingerprint density at radius 2 is 1.91 bits per heavy atom. The highest BCUT2D eigenvalue weighted by molar-refractivity contribution is 5.92. The van der Waals surface area contributed by atoms with Crippen molar-refractivity contribution in [2.75, 3.05) is 36.5 Å². The minimum Gasteiger partial charge on any atom is -0.380 e. The van der Waals surface area contributed by atoms with E-state index in [0.717, 1.165) is 73.9 Å². The van der Waals surface area contributed by atoms with Crippen molar-refractivity contribution in [2.45, 2.75) is 45.6 Å². The first-order chi connectivity index (χ1) is 15.7. The molecule has 8 heteroatoms. The normalized spacial score (nSPS) is 18.9. The first kappa shape index (κ1) is 21.9. The second kappa shape index (κ2) is 8.17. The summed E-state index contributed by atoms with van der Waals surface area (Å²) in [7, 11) is 0. The molecule has 5 rings (SSSR count). The Balaban J connectivity index is 1.42. The summed E-state index contributed by atoms with van der Waals surface area (Å²) in [5.74, 6) is -2.28. The Hall–Kier alpha value is -2.87. The molecule has 0 bridgehead atoms. The third kappa shape index (κ3) is 4.24. The number of hydrogen-bond donors (Lipinski definition) is 1. The molecule has 0 saturated carbocycles. The number of aromatic nitrogens is 3. The van der Waals surface area contributed by atoms with E-state index in [4.69, 9.17) is 9.72 Å². The Morgan fingerprint density at radius 1 is 1.15 bits per heavy atom. The molecule has 4 heterocycles. The van der Waals surface area contributed by atoms with Gasteiger partial charge in [-0.2, -0.15) is 5.10 Å². The molecule has 2 aromatic heterocycles. The fraction of sp³-hybridized carbons (Fsp3) is 0.480. The lowest BCUT2D eigenvalue weighted by Crippen LogP contribution is -2.50. The summed E-state index contributed by atoms with van der Waals surface area (Å²) in [4.78, 5) is 7.07. The Labute approximate surface area is 192 Å². The molecular formula is C25H29F2N5O. The minimum absolute atomic E-state index is 0.00261. The van der Waals surface area contributed by atoms with Crippen molar-refractivity contribution >= 4 is 22.4 Å². The van der Waals surface area contributed by atoms with Crippen LogP contribution in [0.25, 0.3) is 10.9 Å². The molecule has 1 N–H and O–H groups in total. The zero-order valence-corrected chi connectivity index (χ0v) is 19.2. The molecule has 2 aliphatic heterocycles. The van der Waals surface area contributed by atoms with E-state index in [9.17, 15) is 8.78 Å². The van der Waals surface area contributed by atoms with Crippen LogP contribution in [0.4, 0.5) is 20.3 Å². The number of nitrogens with zero attached hydrogens (tertiary/aromatic N) is 4. The largest absolute Gasteiger partial charge is 0.380 e. The van der Waals surface area contributed by atoms with Crippen LogP contribution < -0.4 is 10.2 Å². The third-order valence-corrected chi connectivity index (χ3v) is 7.02. The average Bonchev–Trinajstić information content (AvgIpc) is 2.79. The Kier molecular flexibility index (Phi) is 5.43. The standard InChI is InChI=1S/C25H29F2N5O/c1-16(18-5-4-6-19(11-18)24(3,26)27)29-23-21-12-20(13-28-22(21)17(2)30-31-23)32-9-7-25(8-10-32)14-33-15-25/h4-6,11-13,16H,7-10,14-15H2,1-3H3,(H,29,31)/t16-/m1/s1. The van der Waals surface area contributed by atoms with Gasteiger partial charge in [0, 0.05) is 36.4 Å². The number of aryl methyl sites for hydroxylation is 1. The molecule has 174 valence electrons. The summed E-state index contributed by atoms with van der Waals surface area (Å²) < 4.78 is 33.1. The molecule has 33 heavy (non-hydrogen) atoms. The molecule has 1 atom stereocenters. The Bertz CT molecular complexity index is 1170. The van der Waals surface area contributed by atoms with Crippen molar-refractivity contribution in [3.63, 3.8) is 0 Å². The van der Waals surface area contributed by atoms with E-state index < -0.39 is 5.92 Å². The summed E-state index contributed by atoms with van der Waals surface area (Å²) in [6.45, 7) is 8.45. The average molecular weight is 454 g/mol. The number of halogens is 2. The van der Waals surface area contributed by atoms with Crippen molar-refractivity contribution in [1.82, 2.24) is 15.2 Å². The van der Waals surface area contributed by atoms with Crippen molar-refractivity contribution in [3.05, 3.63) is 53.3 Å². The number of anilines is 2. The lowest BCUT2D eigenvalue weighted by Gasteiger charge is -2.47. The highest BCUT2D eigenvalue weighted by Gasteiger charge is 2.41. The van der Waals surface area contributed by atoms with Gasteiger partial charge in [-0.25, -0.2) is 8.78 Å². The van der Waals surface area contributed by atoms with Gasteiger partial charge in [0.1, 0.15) is 0 Å². The fourth-order valence-electron chi connectivity index (χ4n) is 4.72. The molecular weight excluding hydrogens is 424 g/mol. The van der Waals surface area contributed by atoms with Crippen molar-refractivity contribution in [2.24, 2.45) is 5.41 Å². The number of fused-ring (bicyclic) bond motifs is 1. The second-order valence-corrected chi connectivity index (χ2v) is 9.58. The van der Waals surface area contributed by atoms with Crippen LogP contribution in [-0.2, 0) is 10.7 Å². The van der Waals surface area contributed by atoms with Gasteiger partial charge in [-0.15, -0.1) is 5.10 Å². The molecule has 3 aromatic rings. The smallest absolute Gasteiger partial charge is 0.270 e. The van der Waals surface area contributed by atoms with E-state index in [-0.39, 0.29) is 11.6 Å². The number of hydrogen-bond acceptors (Lipinski definition) is 6. The first-order valence-corrected chi connectivity index (χ1v) is 11.4. The van der Waals surface area contributed by atoms with Crippen LogP contribution in [-0.4, -0.2) is 41.5 Å². The molecule has 0 aliphatic carbocycles. The van der Waals surface area contributed by atoms with Gasteiger partial charge in [-0.05, 0) is 44.4 Å². The van der Waals surface area contributed by atoms with Crippen molar-refractivity contribution < 1.29 is 13.5 Å². The van der Waals surface area contributed by atoms with E-state index in [1.165, 1.54) is 6.07 Å². The van der Waals surface area contributed by atoms with Gasteiger partial charge in [-0.1, -0.05) is 18.2 Å². The second-order valence-electron chi connectivity index (χ2n) is 9.58. The molecule has 1 spiro atoms. The number of ether oxygens (including phenoxy) is 1. The van der Waals surface area contributed by atoms with Gasteiger partial charge in [0.2, 0.25) is 0 Å². The van der Waals surface area contributed by atoms with Gasteiger partial charge < -0.3 is 15.0 Å². The maximum absolute atomic E-state index is 13.8. The zero-order valence-electron chi connectivity index (χ0n) is 19.2. The quantitative estimate of drug-likeness (QED) is 0.570. The molecule has 6 nitrogen and oxygen atoms in total. The molecule has 0 radical (unpaired) electrons. The molecule has 2 saturated heterocycles. The summed E-state index contributed by atoms with van der Waals surface area (Å²) in [5, 5.41) is 12.9. The van der Waals surface area contributed by atoms with Crippen LogP contribution in [0.3, 0.4) is 0 Å². The predicted molar refractivity (Wildman–Crippen MR) is 125 cm³/mol. The number of benzene rings is 1. The Morgan fingerprint density at radius 3 is 2.58 bits per heavy atom. The van der Waals surface area contributed by atoms with Gasteiger partial charge >= 0.3 is 0 Å². The molecule has 2 aliphatic rings. The van der Waals surface area contributed by atoms with E-state index >= 15 is 0 Å². The number of piperidine rings is 1. The van der Waals surface area contributed by atoms with Crippen molar-refractivity contribution in [3.8, 4) is 0 Å². The molecule has 2 fully saturated rings. The zero-order chi connectivity index (χ0) is 23.2. The lowest BCUT2D eigenvalue weighted by atomic mass is 9.77. The minimum atomic E-state index is -2.89. The van der Waals surface area contributed by atoms with Crippen LogP contribution in [0.5, 0.6) is 0 Å². The van der Waals surface area contributed by atoms with Crippen LogP contribution in [0, 0.1) is 12.3 Å². The highest BCUT2D eigenvalue weighted by Crippen LogP contribution is 2.40. The van der Waals surface area contributed by atoms with Gasteiger partial charge in [-0.3, -0.25) is 4.98 Å². The SMILES string of the molecule is Cc1nnc(N[C@H](C)c2cccc(C(C)(F)F)c2)c2cc(N3CCC4(CC3)COC4)cnc12. The van der Waals surface area contributed by atoms with Crippen LogP contribution in [0.1, 0.15) is 49.6 Å². The number of pyridine rings is 1. The molecule has 1 aromatic carbocycles. The van der Waals surface area contributed by atoms with Crippen LogP contribution >= 0.6 is 0 Å². The number of nitrogens with one attached hydrogen (secondary N) is 1. The van der Waals surface area contributed by atoms with E-state index in [2.05, 4.69) is 26.5 Å².